The Morgan fingerprint density at radius 3 is 2.95 bits per heavy atom. The van der Waals surface area contributed by atoms with Gasteiger partial charge in [0.2, 0.25) is 0 Å². The summed E-state index contributed by atoms with van der Waals surface area (Å²) in [4.78, 5) is 0.564. The lowest BCUT2D eigenvalue weighted by Gasteiger charge is -2.10. The van der Waals surface area contributed by atoms with Crippen LogP contribution in [0, 0.1) is 0 Å². The Balaban J connectivity index is 1.94. The van der Waals surface area contributed by atoms with Gasteiger partial charge in [0, 0.05) is 27.2 Å². The Bertz CT molecular complexity index is 736. The summed E-state index contributed by atoms with van der Waals surface area (Å²) in [5.74, 6) is 1.21. The van der Waals surface area contributed by atoms with Gasteiger partial charge >= 0.3 is 0 Å². The normalized spacial score (nSPS) is 14.6. The molecule has 0 radical (unpaired) electrons. The Kier molecular flexibility index (Phi) is 4.24. The Hall–Kier alpha value is -1.04. The van der Waals surface area contributed by atoms with Gasteiger partial charge < -0.3 is 10.5 Å². The van der Waals surface area contributed by atoms with Crippen molar-refractivity contribution in [2.24, 2.45) is 0 Å². The maximum absolute atomic E-state index is 12.6. The van der Waals surface area contributed by atoms with Crippen LogP contribution in [-0.4, -0.2) is 10.8 Å². The quantitative estimate of drug-likeness (QED) is 0.813. The second-order valence-corrected chi connectivity index (χ2v) is 7.60. The second kappa shape index (κ2) is 5.99. The van der Waals surface area contributed by atoms with Crippen molar-refractivity contribution in [2.75, 3.05) is 12.3 Å². The third-order valence-electron chi connectivity index (χ3n) is 3.33. The van der Waals surface area contributed by atoms with E-state index in [1.165, 1.54) is 0 Å². The minimum Gasteiger partial charge on any atom is -0.493 e. The monoisotopic (exact) mass is 385 g/mol. The van der Waals surface area contributed by atoms with Gasteiger partial charge in [-0.2, -0.15) is 0 Å². The molecule has 1 aliphatic heterocycles. The van der Waals surface area contributed by atoms with Gasteiger partial charge in [0.05, 0.1) is 28.1 Å². The molecule has 0 aromatic heterocycles. The third kappa shape index (κ3) is 3.10. The van der Waals surface area contributed by atoms with Gasteiger partial charge in [-0.3, -0.25) is 4.21 Å². The van der Waals surface area contributed by atoms with Crippen LogP contribution in [0.5, 0.6) is 5.75 Å². The van der Waals surface area contributed by atoms with Crippen LogP contribution >= 0.6 is 27.5 Å². The molecular formula is C15H13BrClNO2S. The van der Waals surface area contributed by atoms with Crippen LogP contribution in [0.2, 0.25) is 5.02 Å². The van der Waals surface area contributed by atoms with Gasteiger partial charge in [-0.15, -0.1) is 0 Å². The topological polar surface area (TPSA) is 52.3 Å². The molecule has 3 nitrogen and oxygen atoms in total. The number of fused-ring (bicyclic) bond motifs is 1. The van der Waals surface area contributed by atoms with Gasteiger partial charge in [-0.05, 0) is 35.9 Å². The molecule has 110 valence electrons. The molecule has 0 aliphatic carbocycles. The van der Waals surface area contributed by atoms with E-state index >= 15 is 0 Å². The number of nitrogen functional groups attached to an aromatic ring is 1. The fourth-order valence-corrected chi connectivity index (χ4v) is 4.41. The van der Waals surface area contributed by atoms with Gasteiger partial charge in [-0.25, -0.2) is 0 Å². The number of nitrogens with two attached hydrogens (primary N) is 1. The van der Waals surface area contributed by atoms with E-state index in [1.54, 1.807) is 18.2 Å². The molecule has 1 aliphatic rings. The zero-order valence-electron chi connectivity index (χ0n) is 11.1. The van der Waals surface area contributed by atoms with Crippen LogP contribution in [0.15, 0.2) is 39.7 Å². The summed E-state index contributed by atoms with van der Waals surface area (Å²) in [6.45, 7) is 0.671. The van der Waals surface area contributed by atoms with Crippen LogP contribution in [0.1, 0.15) is 11.1 Å². The number of hydrogen-bond acceptors (Lipinski definition) is 3. The van der Waals surface area contributed by atoms with Crippen molar-refractivity contribution in [3.05, 3.63) is 51.0 Å². The molecule has 21 heavy (non-hydrogen) atoms. The van der Waals surface area contributed by atoms with Crippen LogP contribution in [0.4, 0.5) is 5.69 Å². The summed E-state index contributed by atoms with van der Waals surface area (Å²) < 4.78 is 19.2. The van der Waals surface area contributed by atoms with E-state index < -0.39 is 10.8 Å². The highest BCUT2D eigenvalue weighted by molar-refractivity contribution is 9.10. The first-order chi connectivity index (χ1) is 10.0. The Labute approximate surface area is 139 Å². The Morgan fingerprint density at radius 1 is 1.33 bits per heavy atom. The highest BCUT2D eigenvalue weighted by Gasteiger charge is 2.20. The molecule has 0 amide bonds. The molecule has 1 atom stereocenters. The van der Waals surface area contributed by atoms with Crippen LogP contribution in [0.25, 0.3) is 0 Å². The smallest absolute Gasteiger partial charge is 0.126 e. The zero-order valence-corrected chi connectivity index (χ0v) is 14.2. The first-order valence-electron chi connectivity index (χ1n) is 6.42. The largest absolute Gasteiger partial charge is 0.493 e. The number of rotatable bonds is 3. The molecule has 6 heteroatoms. The molecule has 0 saturated heterocycles. The van der Waals surface area contributed by atoms with E-state index in [1.807, 2.05) is 12.1 Å². The summed E-state index contributed by atoms with van der Waals surface area (Å²) in [6.07, 6.45) is 0.883. The maximum atomic E-state index is 12.6. The lowest BCUT2D eigenvalue weighted by molar-refractivity contribution is 0.354. The van der Waals surface area contributed by atoms with E-state index in [2.05, 4.69) is 15.9 Å². The minimum absolute atomic E-state index is 0.353. The second-order valence-electron chi connectivity index (χ2n) is 4.82. The van der Waals surface area contributed by atoms with Gasteiger partial charge in [-0.1, -0.05) is 27.5 Å². The fraction of sp³-hybridized carbons (Fsp3) is 0.200. The number of ether oxygens (including phenoxy) is 1. The van der Waals surface area contributed by atoms with Gasteiger partial charge in [0.25, 0.3) is 0 Å². The van der Waals surface area contributed by atoms with Gasteiger partial charge in [0.1, 0.15) is 5.75 Å². The average Bonchev–Trinajstić information content (AvgIpc) is 2.89. The summed E-state index contributed by atoms with van der Waals surface area (Å²) in [6, 6.07) is 9.02. The predicted molar refractivity (Wildman–Crippen MR) is 89.3 cm³/mol. The molecular weight excluding hydrogens is 374 g/mol. The van der Waals surface area contributed by atoms with E-state index in [0.717, 1.165) is 27.8 Å². The molecule has 0 saturated carbocycles. The van der Waals surface area contributed by atoms with E-state index in [0.29, 0.717) is 28.0 Å². The number of halogens is 2. The van der Waals surface area contributed by atoms with Crippen molar-refractivity contribution >= 4 is 44.0 Å². The van der Waals surface area contributed by atoms with Crippen molar-refractivity contribution in [2.45, 2.75) is 17.1 Å². The molecule has 0 spiro atoms. The molecule has 2 N–H and O–H groups in total. The van der Waals surface area contributed by atoms with Crippen molar-refractivity contribution < 1.29 is 8.95 Å². The van der Waals surface area contributed by atoms with Gasteiger partial charge in [0.15, 0.2) is 0 Å². The maximum Gasteiger partial charge on any atom is 0.126 e. The molecule has 0 bridgehead atoms. The van der Waals surface area contributed by atoms with Crippen LogP contribution in [0.3, 0.4) is 0 Å². The van der Waals surface area contributed by atoms with Crippen LogP contribution in [-0.2, 0) is 23.0 Å². The van der Waals surface area contributed by atoms with Crippen molar-refractivity contribution in [1.29, 1.82) is 0 Å². The summed E-state index contributed by atoms with van der Waals surface area (Å²) in [5, 5.41) is 0.531. The predicted octanol–water partition coefficient (Wildman–Crippen LogP) is 3.93. The van der Waals surface area contributed by atoms with Crippen molar-refractivity contribution in [3.63, 3.8) is 0 Å². The minimum atomic E-state index is -1.27. The van der Waals surface area contributed by atoms with E-state index in [4.69, 9.17) is 22.1 Å². The SMILES string of the molecule is Nc1ccc(Cl)cc1S(=O)Cc1cc(Br)cc2c1OCC2. The summed E-state index contributed by atoms with van der Waals surface area (Å²) >= 11 is 9.45. The lowest BCUT2D eigenvalue weighted by Crippen LogP contribution is -2.02. The average molecular weight is 387 g/mol. The molecule has 0 fully saturated rings. The highest BCUT2D eigenvalue weighted by atomic mass is 79.9. The lowest BCUT2D eigenvalue weighted by atomic mass is 10.1. The number of benzene rings is 2. The Morgan fingerprint density at radius 2 is 2.14 bits per heavy atom. The molecule has 1 unspecified atom stereocenters. The zero-order chi connectivity index (χ0) is 15.0. The number of anilines is 1. The number of hydrogen-bond donors (Lipinski definition) is 1. The highest BCUT2D eigenvalue weighted by Crippen LogP contribution is 2.35. The standard InChI is InChI=1S/C15H13BrClNO2S/c16-11-5-9-3-4-20-15(9)10(6-11)8-21(19)14-7-12(17)1-2-13(14)18/h1-2,5-7H,3-4,8,18H2. The molecule has 2 aromatic carbocycles. The molecule has 3 rings (SSSR count). The summed E-state index contributed by atoms with van der Waals surface area (Å²) in [7, 11) is -1.27. The first-order valence-corrected chi connectivity index (χ1v) is 8.91. The van der Waals surface area contributed by atoms with Crippen LogP contribution < -0.4 is 10.5 Å². The van der Waals surface area contributed by atoms with Crippen molar-refractivity contribution in [1.82, 2.24) is 0 Å². The van der Waals surface area contributed by atoms with E-state index in [-0.39, 0.29) is 0 Å². The first kappa shape index (κ1) is 14.9. The summed E-state index contributed by atoms with van der Waals surface area (Å²) in [5.41, 5.74) is 8.46. The van der Waals surface area contributed by atoms with E-state index in [9.17, 15) is 4.21 Å². The third-order valence-corrected chi connectivity index (χ3v) is 5.44. The molecule has 2 aromatic rings. The van der Waals surface area contributed by atoms with Crippen molar-refractivity contribution in [3.8, 4) is 5.75 Å². The molecule has 1 heterocycles. The fourth-order valence-electron chi connectivity index (χ4n) is 2.38.